The van der Waals surface area contributed by atoms with Crippen molar-refractivity contribution in [2.24, 2.45) is 0 Å². The number of nitriles is 2. The van der Waals surface area contributed by atoms with E-state index in [9.17, 15) is 10.5 Å². The minimum atomic E-state index is 0.240. The molecule has 0 saturated heterocycles. The fourth-order valence-corrected chi connectivity index (χ4v) is 7.33. The summed E-state index contributed by atoms with van der Waals surface area (Å²) >= 11 is 0. The number of hydrogen-bond donors (Lipinski definition) is 0. The number of rotatable bonds is 7. The molecule has 8 rings (SSSR count). The van der Waals surface area contributed by atoms with Crippen molar-refractivity contribution in [1.82, 2.24) is 0 Å². The highest BCUT2D eigenvalue weighted by Gasteiger charge is 2.32. The second-order valence-electron chi connectivity index (χ2n) is 12.8. The predicted molar refractivity (Wildman–Crippen MR) is 200 cm³/mol. The number of allylic oxidation sites excluding steroid dienone is 5. The average molecular weight is 629 g/mol. The molecule has 0 radical (unpaired) electrons. The van der Waals surface area contributed by atoms with Crippen LogP contribution in [0.2, 0.25) is 0 Å². The van der Waals surface area contributed by atoms with Gasteiger partial charge in [-0.05, 0) is 112 Å². The molecule has 0 aliphatic heterocycles. The third kappa shape index (κ3) is 5.10. The van der Waals surface area contributed by atoms with Crippen molar-refractivity contribution in [2.75, 3.05) is 9.80 Å². The van der Waals surface area contributed by atoms with Gasteiger partial charge in [0.25, 0.3) is 0 Å². The first-order chi connectivity index (χ1) is 24.1. The van der Waals surface area contributed by atoms with Crippen LogP contribution in [0.15, 0.2) is 150 Å². The Hall–Kier alpha value is -6.54. The van der Waals surface area contributed by atoms with Crippen molar-refractivity contribution in [1.29, 1.82) is 10.5 Å². The highest BCUT2D eigenvalue weighted by molar-refractivity contribution is 6.07. The highest BCUT2D eigenvalue weighted by atomic mass is 15.2. The van der Waals surface area contributed by atoms with E-state index in [2.05, 4.69) is 132 Å². The molecule has 3 aliphatic rings. The molecule has 5 aromatic carbocycles. The molecule has 0 saturated carbocycles. The number of hydrogen-bond acceptors (Lipinski definition) is 4. The van der Waals surface area contributed by atoms with Gasteiger partial charge in [0.1, 0.15) is 11.6 Å². The maximum atomic E-state index is 9.52. The monoisotopic (exact) mass is 628 g/mol. The lowest BCUT2D eigenvalue weighted by atomic mass is 9.75. The fourth-order valence-electron chi connectivity index (χ4n) is 7.33. The topological polar surface area (TPSA) is 54.1 Å². The van der Waals surface area contributed by atoms with Crippen LogP contribution in [0.3, 0.4) is 0 Å². The molecular formula is C45H32N4. The summed E-state index contributed by atoms with van der Waals surface area (Å²) in [7, 11) is 0. The van der Waals surface area contributed by atoms with E-state index in [1.165, 1.54) is 33.0 Å². The molecule has 0 fully saturated rings. The summed E-state index contributed by atoms with van der Waals surface area (Å²) in [6.45, 7) is 4.53. The number of benzene rings is 5. The molecule has 0 bridgehead atoms. The van der Waals surface area contributed by atoms with E-state index in [1.54, 1.807) is 0 Å². The Morgan fingerprint density at radius 2 is 1.43 bits per heavy atom. The molecule has 232 valence electrons. The Balaban J connectivity index is 1.40. The second-order valence-corrected chi connectivity index (χ2v) is 12.8. The summed E-state index contributed by atoms with van der Waals surface area (Å²) in [4.78, 5) is 4.56. The van der Waals surface area contributed by atoms with Crippen LogP contribution in [0.4, 0.5) is 22.7 Å². The zero-order valence-corrected chi connectivity index (χ0v) is 27.4. The highest BCUT2D eigenvalue weighted by Crippen LogP contribution is 2.51. The van der Waals surface area contributed by atoms with Gasteiger partial charge in [0.2, 0.25) is 0 Å². The number of nitrogens with zero attached hydrogens (tertiary/aromatic N) is 4. The van der Waals surface area contributed by atoms with Gasteiger partial charge in [-0.1, -0.05) is 80.6 Å². The first-order valence-electron chi connectivity index (χ1n) is 16.6. The summed E-state index contributed by atoms with van der Waals surface area (Å²) in [5.41, 5.74) is 18.6. The lowest BCUT2D eigenvalue weighted by Gasteiger charge is -2.37. The lowest BCUT2D eigenvalue weighted by molar-refractivity contribution is 0.847. The standard InChI is InChI=1S/C45H32N4/c1-30(2)41-27-43(49(35-11-7-4-8-12-35)37-21-15-32(29-47)16-22-37)40-23-17-33-18-26-42(39-25-24-38(41)45(40)44(33)39)48(34-9-5-3-6-10-34)36-19-13-31(28-46)14-20-36/h3-15,17,19-21,23-27,30,33H,18H2,1-2H3. The Kier molecular flexibility index (Phi) is 7.45. The molecule has 0 amide bonds. The third-order valence-electron chi connectivity index (χ3n) is 9.58. The van der Waals surface area contributed by atoms with Gasteiger partial charge >= 0.3 is 0 Å². The van der Waals surface area contributed by atoms with E-state index < -0.39 is 0 Å². The Labute approximate surface area is 287 Å². The summed E-state index contributed by atoms with van der Waals surface area (Å²) in [5.74, 6) is 0.520. The molecule has 4 heteroatoms. The van der Waals surface area contributed by atoms with E-state index >= 15 is 0 Å². The summed E-state index contributed by atoms with van der Waals surface area (Å²) in [5, 5.41) is 21.6. The average Bonchev–Trinajstić information content (AvgIpc) is 3.16. The van der Waals surface area contributed by atoms with Crippen LogP contribution < -0.4 is 9.80 Å². The zero-order valence-electron chi connectivity index (χ0n) is 27.4. The molecule has 0 N–H and O–H groups in total. The maximum absolute atomic E-state index is 9.52. The van der Waals surface area contributed by atoms with Gasteiger partial charge in [0.15, 0.2) is 0 Å². The van der Waals surface area contributed by atoms with Gasteiger partial charge in [-0.25, -0.2) is 0 Å². The Morgan fingerprint density at radius 1 is 0.735 bits per heavy atom. The zero-order chi connectivity index (χ0) is 33.5. The van der Waals surface area contributed by atoms with Crippen LogP contribution in [0.1, 0.15) is 59.9 Å². The Bertz CT molecular complexity index is 2420. The molecule has 0 spiro atoms. The van der Waals surface area contributed by atoms with Crippen LogP contribution in [0.25, 0.3) is 22.5 Å². The van der Waals surface area contributed by atoms with E-state index in [-0.39, 0.29) is 11.8 Å². The van der Waals surface area contributed by atoms with Crippen molar-refractivity contribution in [3.8, 4) is 12.1 Å². The second kappa shape index (κ2) is 12.2. The molecule has 49 heavy (non-hydrogen) atoms. The number of para-hydroxylation sites is 2. The quantitative estimate of drug-likeness (QED) is 0.168. The molecule has 5 aromatic rings. The van der Waals surface area contributed by atoms with Gasteiger partial charge in [-0.15, -0.1) is 0 Å². The van der Waals surface area contributed by atoms with Crippen LogP contribution in [-0.4, -0.2) is 0 Å². The largest absolute Gasteiger partial charge is 0.310 e. The maximum Gasteiger partial charge on any atom is 0.108 e. The number of anilines is 4. The molecule has 4 nitrogen and oxygen atoms in total. The van der Waals surface area contributed by atoms with Crippen molar-refractivity contribution in [3.05, 3.63) is 178 Å². The first kappa shape index (κ1) is 29.8. The molecular weight excluding hydrogens is 597 g/mol. The predicted octanol–water partition coefficient (Wildman–Crippen LogP) is 11.3. The normalized spacial score (nSPS) is 15.3. The van der Waals surface area contributed by atoms with Crippen LogP contribution in [0.5, 0.6) is 0 Å². The summed E-state index contributed by atoms with van der Waals surface area (Å²) < 4.78 is 0. The van der Waals surface area contributed by atoms with Crippen molar-refractivity contribution < 1.29 is 0 Å². The van der Waals surface area contributed by atoms with Crippen LogP contribution in [0, 0.1) is 22.7 Å². The van der Waals surface area contributed by atoms with Gasteiger partial charge in [-0.2, -0.15) is 10.5 Å². The minimum Gasteiger partial charge on any atom is -0.310 e. The molecule has 3 aliphatic carbocycles. The summed E-state index contributed by atoms with van der Waals surface area (Å²) in [6.07, 6.45) is 11.7. The van der Waals surface area contributed by atoms with E-state index in [0.717, 1.165) is 40.6 Å². The van der Waals surface area contributed by atoms with Crippen LogP contribution >= 0.6 is 0 Å². The Morgan fingerprint density at radius 3 is 2.06 bits per heavy atom. The molecule has 1 atom stereocenters. The van der Waals surface area contributed by atoms with E-state index in [1.807, 2.05) is 48.6 Å². The van der Waals surface area contributed by atoms with Gasteiger partial charge in [-0.3, -0.25) is 0 Å². The van der Waals surface area contributed by atoms with Gasteiger partial charge in [0.05, 0.1) is 23.0 Å². The van der Waals surface area contributed by atoms with Gasteiger partial charge < -0.3 is 9.80 Å². The van der Waals surface area contributed by atoms with Crippen molar-refractivity contribution >= 4 is 45.3 Å². The minimum absolute atomic E-state index is 0.240. The summed E-state index contributed by atoms with van der Waals surface area (Å²) in [6, 6.07) is 40.1. The van der Waals surface area contributed by atoms with Crippen molar-refractivity contribution in [3.63, 3.8) is 0 Å². The third-order valence-corrected chi connectivity index (χ3v) is 9.58. The molecule has 0 aromatic heterocycles. The molecule has 1 unspecified atom stereocenters. The smallest absolute Gasteiger partial charge is 0.108 e. The van der Waals surface area contributed by atoms with Gasteiger partial charge in [0, 0.05) is 39.8 Å². The fraction of sp³-hybridized carbons (Fsp3) is 0.111. The van der Waals surface area contributed by atoms with Crippen molar-refractivity contribution in [2.45, 2.75) is 32.1 Å². The first-order valence-corrected chi connectivity index (χ1v) is 16.6. The SMILES string of the molecule is CC(C)c1cc(N(C2=C=C=C(C#N)C=C2)c2ccccc2)c2c3c4c(ccc13)C(N(c1ccccc1)c1ccc(C#N)cc1)=CCC4C=C2. The van der Waals surface area contributed by atoms with E-state index in [0.29, 0.717) is 11.1 Å². The van der Waals surface area contributed by atoms with E-state index in [4.69, 9.17) is 0 Å². The van der Waals surface area contributed by atoms with Crippen LogP contribution in [-0.2, 0) is 0 Å². The lowest BCUT2D eigenvalue weighted by Crippen LogP contribution is -2.22. The molecule has 0 heterocycles.